The van der Waals surface area contributed by atoms with Gasteiger partial charge in [-0.15, -0.1) is 10.2 Å². The van der Waals surface area contributed by atoms with Gasteiger partial charge in [-0.05, 0) is 6.07 Å². The van der Waals surface area contributed by atoms with Crippen LogP contribution in [0.4, 0.5) is 5.69 Å². The molecule has 3 nitrogen and oxygen atoms in total. The van der Waals surface area contributed by atoms with E-state index in [0.29, 0.717) is 5.15 Å². The molecule has 0 aliphatic rings. The first-order valence-corrected chi connectivity index (χ1v) is 6.37. The molecule has 0 saturated heterocycles. The van der Waals surface area contributed by atoms with Gasteiger partial charge in [-0.2, -0.15) is 0 Å². The van der Waals surface area contributed by atoms with Crippen molar-refractivity contribution in [2.24, 2.45) is 0 Å². The quantitative estimate of drug-likeness (QED) is 0.764. The largest absolute Gasteiger partial charge is 0.388 e. The second-order valence-electron chi connectivity index (χ2n) is 4.18. The maximum atomic E-state index is 6.10. The van der Waals surface area contributed by atoms with Gasteiger partial charge in [-0.1, -0.05) is 54.1 Å². The smallest absolute Gasteiger partial charge is 0.159 e. The first-order chi connectivity index (χ1) is 9.31. The summed E-state index contributed by atoms with van der Waals surface area (Å²) in [5.41, 5.74) is 2.87. The molecule has 3 rings (SSSR count). The van der Waals surface area contributed by atoms with Crippen molar-refractivity contribution in [2.45, 2.75) is 0 Å². The van der Waals surface area contributed by atoms with Gasteiger partial charge in [0.05, 0.1) is 0 Å². The minimum Gasteiger partial charge on any atom is -0.388 e. The van der Waals surface area contributed by atoms with E-state index in [1.807, 2.05) is 55.6 Å². The Morgan fingerprint density at radius 1 is 0.895 bits per heavy atom. The predicted octanol–water partition coefficient (Wildman–Crippen LogP) is 3.99. The number of nitrogens with one attached hydrogen (secondary N) is 1. The van der Waals surface area contributed by atoms with Gasteiger partial charge in [-0.3, -0.25) is 0 Å². The lowest BCUT2D eigenvalue weighted by Crippen LogP contribution is -1.96. The Balaban J connectivity index is 2.34. The van der Waals surface area contributed by atoms with E-state index in [-0.39, 0.29) is 0 Å². The Morgan fingerprint density at radius 2 is 1.58 bits per heavy atom. The number of halogens is 1. The van der Waals surface area contributed by atoms with E-state index < -0.39 is 0 Å². The zero-order valence-corrected chi connectivity index (χ0v) is 11.1. The number of fused-ring (bicyclic) bond motifs is 1. The minimum atomic E-state index is 0.432. The molecule has 0 bridgehead atoms. The van der Waals surface area contributed by atoms with Crippen LogP contribution in [-0.2, 0) is 0 Å². The molecular formula is C15H12ClN3. The lowest BCUT2D eigenvalue weighted by Gasteiger charge is -2.10. The summed E-state index contributed by atoms with van der Waals surface area (Å²) in [4.78, 5) is 0. The summed E-state index contributed by atoms with van der Waals surface area (Å²) in [7, 11) is 1.89. The fourth-order valence-electron chi connectivity index (χ4n) is 2.18. The molecule has 4 heteroatoms. The Hall–Kier alpha value is -2.13. The molecule has 0 atom stereocenters. The highest BCUT2D eigenvalue weighted by Crippen LogP contribution is 2.33. The minimum absolute atomic E-state index is 0.432. The molecule has 3 aromatic rings. The van der Waals surface area contributed by atoms with Crippen molar-refractivity contribution in [2.75, 3.05) is 12.4 Å². The van der Waals surface area contributed by atoms with Crippen molar-refractivity contribution in [3.8, 4) is 11.3 Å². The average molecular weight is 270 g/mol. The summed E-state index contributed by atoms with van der Waals surface area (Å²) < 4.78 is 0. The molecule has 94 valence electrons. The first kappa shape index (κ1) is 11.9. The lowest BCUT2D eigenvalue weighted by molar-refractivity contribution is 1.06. The molecule has 19 heavy (non-hydrogen) atoms. The molecule has 0 aliphatic carbocycles. The molecule has 0 unspecified atom stereocenters. The maximum Gasteiger partial charge on any atom is 0.159 e. The Morgan fingerprint density at radius 3 is 2.37 bits per heavy atom. The number of aromatic nitrogens is 2. The van der Waals surface area contributed by atoms with Crippen molar-refractivity contribution >= 4 is 28.1 Å². The molecular weight excluding hydrogens is 258 g/mol. The van der Waals surface area contributed by atoms with Crippen LogP contribution in [0.5, 0.6) is 0 Å². The maximum absolute atomic E-state index is 6.10. The SMILES string of the molecule is CNc1ccccc1-c1nnc(Cl)c2ccccc12. The first-order valence-electron chi connectivity index (χ1n) is 5.99. The Labute approximate surface area is 116 Å². The van der Waals surface area contributed by atoms with Crippen LogP contribution in [0.25, 0.3) is 22.0 Å². The van der Waals surface area contributed by atoms with Gasteiger partial charge in [0.15, 0.2) is 5.15 Å². The number of hydrogen-bond donors (Lipinski definition) is 1. The van der Waals surface area contributed by atoms with E-state index in [4.69, 9.17) is 11.6 Å². The summed E-state index contributed by atoms with van der Waals surface area (Å²) in [5.74, 6) is 0. The van der Waals surface area contributed by atoms with Crippen molar-refractivity contribution in [3.05, 3.63) is 53.7 Å². The molecule has 0 amide bonds. The summed E-state index contributed by atoms with van der Waals surface area (Å²) >= 11 is 6.10. The van der Waals surface area contributed by atoms with E-state index in [9.17, 15) is 0 Å². The molecule has 0 fully saturated rings. The highest BCUT2D eigenvalue weighted by Gasteiger charge is 2.11. The third-order valence-corrected chi connectivity index (χ3v) is 3.37. The van der Waals surface area contributed by atoms with Gasteiger partial charge in [0.25, 0.3) is 0 Å². The second-order valence-corrected chi connectivity index (χ2v) is 4.54. The average Bonchev–Trinajstić information content (AvgIpc) is 2.48. The van der Waals surface area contributed by atoms with Gasteiger partial charge in [-0.25, -0.2) is 0 Å². The molecule has 0 saturated carbocycles. The monoisotopic (exact) mass is 269 g/mol. The molecule has 1 N–H and O–H groups in total. The molecule has 1 aromatic heterocycles. The summed E-state index contributed by atoms with van der Waals surface area (Å²) in [5, 5.41) is 13.8. The number of nitrogens with zero attached hydrogens (tertiary/aromatic N) is 2. The zero-order valence-electron chi connectivity index (χ0n) is 10.4. The summed E-state index contributed by atoms with van der Waals surface area (Å²) in [6.45, 7) is 0. The van der Waals surface area contributed by atoms with Gasteiger partial charge in [0.2, 0.25) is 0 Å². The summed E-state index contributed by atoms with van der Waals surface area (Å²) in [6.07, 6.45) is 0. The van der Waals surface area contributed by atoms with Gasteiger partial charge in [0.1, 0.15) is 5.69 Å². The summed E-state index contributed by atoms with van der Waals surface area (Å²) in [6, 6.07) is 15.9. The fraction of sp³-hybridized carbons (Fsp3) is 0.0667. The standard InChI is InChI=1S/C15H12ClN3/c1-17-13-9-5-4-8-12(13)14-10-6-2-3-7-11(10)15(16)19-18-14/h2-9,17H,1H3. The van der Waals surface area contributed by atoms with E-state index in [1.165, 1.54) is 0 Å². The van der Waals surface area contributed by atoms with Crippen LogP contribution in [0.15, 0.2) is 48.5 Å². The Bertz CT molecular complexity index is 740. The van der Waals surface area contributed by atoms with Crippen LogP contribution in [0.1, 0.15) is 0 Å². The number of hydrogen-bond acceptors (Lipinski definition) is 3. The van der Waals surface area contributed by atoms with Gasteiger partial charge in [0, 0.05) is 29.1 Å². The Kier molecular flexibility index (Phi) is 3.05. The van der Waals surface area contributed by atoms with E-state index in [1.54, 1.807) is 0 Å². The number of para-hydroxylation sites is 1. The van der Waals surface area contributed by atoms with Crippen molar-refractivity contribution in [3.63, 3.8) is 0 Å². The number of benzene rings is 2. The van der Waals surface area contributed by atoms with Crippen LogP contribution >= 0.6 is 11.6 Å². The van der Waals surface area contributed by atoms with Crippen LogP contribution in [0.2, 0.25) is 5.15 Å². The van der Waals surface area contributed by atoms with Crippen LogP contribution in [-0.4, -0.2) is 17.2 Å². The molecule has 0 spiro atoms. The third-order valence-electron chi connectivity index (χ3n) is 3.09. The van der Waals surface area contributed by atoms with Gasteiger partial charge >= 0.3 is 0 Å². The molecule has 2 aromatic carbocycles. The van der Waals surface area contributed by atoms with Crippen LogP contribution in [0, 0.1) is 0 Å². The number of rotatable bonds is 2. The van der Waals surface area contributed by atoms with Crippen LogP contribution in [0.3, 0.4) is 0 Å². The molecule has 0 aliphatic heterocycles. The van der Waals surface area contributed by atoms with Crippen molar-refractivity contribution in [1.82, 2.24) is 10.2 Å². The topological polar surface area (TPSA) is 37.8 Å². The highest BCUT2D eigenvalue weighted by molar-refractivity contribution is 6.34. The van der Waals surface area contributed by atoms with Gasteiger partial charge < -0.3 is 5.32 Å². The highest BCUT2D eigenvalue weighted by atomic mass is 35.5. The second kappa shape index (κ2) is 4.86. The van der Waals surface area contributed by atoms with Crippen molar-refractivity contribution < 1.29 is 0 Å². The zero-order chi connectivity index (χ0) is 13.2. The normalized spacial score (nSPS) is 10.6. The van der Waals surface area contributed by atoms with Crippen LogP contribution < -0.4 is 5.32 Å². The molecule has 0 radical (unpaired) electrons. The fourth-order valence-corrected chi connectivity index (χ4v) is 2.38. The van der Waals surface area contributed by atoms with E-state index in [2.05, 4.69) is 15.5 Å². The molecule has 1 heterocycles. The van der Waals surface area contributed by atoms with Crippen molar-refractivity contribution in [1.29, 1.82) is 0 Å². The lowest BCUT2D eigenvalue weighted by atomic mass is 10.0. The number of anilines is 1. The third kappa shape index (κ3) is 2.02. The van der Waals surface area contributed by atoms with E-state index >= 15 is 0 Å². The van der Waals surface area contributed by atoms with E-state index in [0.717, 1.165) is 27.7 Å². The predicted molar refractivity (Wildman–Crippen MR) is 79.5 cm³/mol.